The number of fused-ring (bicyclic) bond motifs is 2. The molecular weight excluding hydrogens is 844 g/mol. The zero-order chi connectivity index (χ0) is 42.7. The molecule has 4 aromatic rings. The Balaban J connectivity index is 0.000000221. The van der Waals surface area contributed by atoms with E-state index >= 15 is 0 Å². The van der Waals surface area contributed by atoms with Crippen LogP contribution < -0.4 is 5.73 Å². The average molecular weight is 884 g/mol. The maximum atomic E-state index is 14.7. The number of carbonyl (C=O) groups excluding carboxylic acids is 4. The molecule has 58 heavy (non-hydrogen) atoms. The van der Waals surface area contributed by atoms with E-state index in [0.717, 1.165) is 0 Å². The second kappa shape index (κ2) is 18.3. The molecule has 3 amide bonds. The van der Waals surface area contributed by atoms with Crippen molar-refractivity contribution in [3.8, 4) is 0 Å². The zero-order valence-corrected chi connectivity index (χ0v) is 34.6. The van der Waals surface area contributed by atoms with E-state index in [9.17, 15) is 36.7 Å². The van der Waals surface area contributed by atoms with Crippen LogP contribution in [0.4, 0.5) is 17.6 Å². The Bertz CT molecular complexity index is 2200. The minimum absolute atomic E-state index is 0.00924. The molecule has 0 fully saturated rings. The monoisotopic (exact) mass is 881 g/mol. The molecule has 6 rings (SSSR count). The fourth-order valence-electron chi connectivity index (χ4n) is 7.38. The number of carbonyl (C=O) groups is 4. The highest BCUT2D eigenvalue weighted by molar-refractivity contribution is 6.36. The lowest BCUT2D eigenvalue weighted by atomic mass is 9.87. The Labute approximate surface area is 353 Å². The van der Waals surface area contributed by atoms with Gasteiger partial charge in [0.25, 0.3) is 5.91 Å². The van der Waals surface area contributed by atoms with Gasteiger partial charge in [0, 0.05) is 44.3 Å². The second-order valence-electron chi connectivity index (χ2n) is 13.8. The number of amides is 3. The largest absolute Gasteiger partial charge is 0.461 e. The average Bonchev–Trinajstić information content (AvgIpc) is 3.18. The number of nitrogens with zero attached hydrogens (tertiary/aromatic N) is 2. The van der Waals surface area contributed by atoms with Crippen LogP contribution in [-0.4, -0.2) is 53.2 Å². The van der Waals surface area contributed by atoms with Crippen molar-refractivity contribution >= 4 is 70.1 Å². The van der Waals surface area contributed by atoms with Crippen LogP contribution in [0.15, 0.2) is 72.8 Å². The number of benzene rings is 4. The van der Waals surface area contributed by atoms with Gasteiger partial charge in [0.1, 0.15) is 0 Å². The first-order valence-electron chi connectivity index (χ1n) is 18.2. The molecule has 0 unspecified atom stereocenters. The van der Waals surface area contributed by atoms with Crippen LogP contribution in [-0.2, 0) is 61.4 Å². The summed E-state index contributed by atoms with van der Waals surface area (Å²) in [6.07, 6.45) is 0.416. The van der Waals surface area contributed by atoms with Gasteiger partial charge in [-0.3, -0.25) is 14.4 Å². The highest BCUT2D eigenvalue weighted by atomic mass is 35.5. The lowest BCUT2D eigenvalue weighted by molar-refractivity contribution is -0.173. The van der Waals surface area contributed by atoms with Gasteiger partial charge < -0.3 is 20.3 Å². The van der Waals surface area contributed by atoms with Crippen molar-refractivity contribution in [1.82, 2.24) is 9.80 Å². The predicted molar refractivity (Wildman–Crippen MR) is 214 cm³/mol. The van der Waals surface area contributed by atoms with Crippen LogP contribution in [0.3, 0.4) is 0 Å². The first-order chi connectivity index (χ1) is 27.3. The topological polar surface area (TPSA) is 110 Å². The van der Waals surface area contributed by atoms with Crippen molar-refractivity contribution in [3.63, 3.8) is 0 Å². The van der Waals surface area contributed by atoms with E-state index in [1.54, 1.807) is 72.2 Å². The number of primary amides is 1. The minimum Gasteiger partial charge on any atom is -0.461 e. The summed E-state index contributed by atoms with van der Waals surface area (Å²) in [7, 11) is 0. The van der Waals surface area contributed by atoms with Gasteiger partial charge in [-0.1, -0.05) is 94.9 Å². The van der Waals surface area contributed by atoms with Gasteiger partial charge in [0.05, 0.1) is 31.5 Å². The molecule has 0 aromatic heterocycles. The fraction of sp³-hybridized carbons (Fsp3) is 0.333. The van der Waals surface area contributed by atoms with Gasteiger partial charge in [-0.15, -0.1) is 0 Å². The number of ether oxygens (including phenoxy) is 1. The van der Waals surface area contributed by atoms with E-state index in [-0.39, 0.29) is 62.8 Å². The number of nitrogens with two attached hydrogens (primary N) is 1. The Morgan fingerprint density at radius 1 is 0.655 bits per heavy atom. The summed E-state index contributed by atoms with van der Waals surface area (Å²) in [6, 6.07) is 17.9. The molecule has 0 aliphatic carbocycles. The van der Waals surface area contributed by atoms with Gasteiger partial charge in [0.2, 0.25) is 11.8 Å². The van der Waals surface area contributed by atoms with Crippen molar-refractivity contribution in [2.45, 2.75) is 70.4 Å². The highest BCUT2D eigenvalue weighted by Crippen LogP contribution is 2.41. The van der Waals surface area contributed by atoms with Crippen LogP contribution >= 0.6 is 46.4 Å². The Kier molecular flexibility index (Phi) is 14.1. The maximum absolute atomic E-state index is 14.7. The summed E-state index contributed by atoms with van der Waals surface area (Å²) >= 11 is 24.6. The fourth-order valence-corrected chi connectivity index (χ4v) is 8.44. The number of halogens is 8. The van der Waals surface area contributed by atoms with Crippen molar-refractivity contribution in [2.75, 3.05) is 19.7 Å². The lowest BCUT2D eigenvalue weighted by Gasteiger charge is -2.37. The highest BCUT2D eigenvalue weighted by Gasteiger charge is 2.46. The third kappa shape index (κ3) is 9.10. The molecule has 2 aliphatic rings. The SMILES string of the molecule is CCOC(=O)C(F)(F)c1cccc2c1CCN(C(=O)Cc1c(Cl)cccc1Cl)[C@H]2C.C[C@H]1c2cccc(C(F)(F)C(N)=O)c2CCN1C(=O)Cc1c(Cl)cccc1Cl. The molecule has 0 saturated carbocycles. The number of hydrogen-bond donors (Lipinski definition) is 1. The van der Waals surface area contributed by atoms with Gasteiger partial charge in [-0.25, -0.2) is 4.79 Å². The summed E-state index contributed by atoms with van der Waals surface area (Å²) in [5.74, 6) is -11.2. The molecule has 2 N–H and O–H groups in total. The van der Waals surface area contributed by atoms with Crippen LogP contribution in [0.25, 0.3) is 0 Å². The van der Waals surface area contributed by atoms with E-state index in [1.807, 2.05) is 0 Å². The smallest absolute Gasteiger partial charge is 0.381 e. The normalized spacial score (nSPS) is 16.4. The Hall–Kier alpha value is -4.36. The maximum Gasteiger partial charge on any atom is 0.381 e. The van der Waals surface area contributed by atoms with E-state index < -0.39 is 41.4 Å². The van der Waals surface area contributed by atoms with Crippen molar-refractivity contribution in [1.29, 1.82) is 0 Å². The first kappa shape index (κ1) is 44.7. The minimum atomic E-state index is -3.76. The third-order valence-electron chi connectivity index (χ3n) is 10.4. The number of hydrogen-bond acceptors (Lipinski definition) is 5. The van der Waals surface area contributed by atoms with Crippen molar-refractivity contribution in [2.24, 2.45) is 5.73 Å². The molecular formula is C42H39Cl4F4N3O5. The summed E-state index contributed by atoms with van der Waals surface area (Å²) in [5, 5.41) is 1.60. The van der Waals surface area contributed by atoms with E-state index in [1.165, 1.54) is 31.2 Å². The molecule has 16 heteroatoms. The summed E-state index contributed by atoms with van der Waals surface area (Å²) in [4.78, 5) is 52.1. The molecule has 0 saturated heterocycles. The van der Waals surface area contributed by atoms with Gasteiger partial charge >= 0.3 is 17.8 Å². The van der Waals surface area contributed by atoms with E-state index in [0.29, 0.717) is 53.5 Å². The quantitative estimate of drug-likeness (QED) is 0.133. The third-order valence-corrected chi connectivity index (χ3v) is 11.8. The van der Waals surface area contributed by atoms with E-state index in [2.05, 4.69) is 4.74 Å². The molecule has 4 aromatic carbocycles. The molecule has 0 spiro atoms. The molecule has 0 radical (unpaired) electrons. The first-order valence-corrected chi connectivity index (χ1v) is 19.8. The number of alkyl halides is 4. The molecule has 0 bridgehead atoms. The Morgan fingerprint density at radius 3 is 1.38 bits per heavy atom. The van der Waals surface area contributed by atoms with Crippen LogP contribution in [0.1, 0.15) is 77.4 Å². The molecule has 8 nitrogen and oxygen atoms in total. The van der Waals surface area contributed by atoms with Crippen LogP contribution in [0.5, 0.6) is 0 Å². The lowest BCUT2D eigenvalue weighted by Crippen LogP contribution is -2.41. The van der Waals surface area contributed by atoms with Crippen molar-refractivity contribution < 1.29 is 41.5 Å². The van der Waals surface area contributed by atoms with Gasteiger partial charge in [-0.05, 0) is 91.3 Å². The summed E-state index contributed by atoms with van der Waals surface area (Å²) in [6.45, 7) is 5.36. The van der Waals surface area contributed by atoms with Gasteiger partial charge in [-0.2, -0.15) is 17.6 Å². The summed E-state index contributed by atoms with van der Waals surface area (Å²) < 4.78 is 62.4. The zero-order valence-electron chi connectivity index (χ0n) is 31.6. The van der Waals surface area contributed by atoms with Crippen LogP contribution in [0, 0.1) is 0 Å². The molecule has 308 valence electrons. The second-order valence-corrected chi connectivity index (χ2v) is 15.4. The predicted octanol–water partition coefficient (Wildman–Crippen LogP) is 9.60. The Morgan fingerprint density at radius 2 is 1.02 bits per heavy atom. The number of rotatable bonds is 9. The van der Waals surface area contributed by atoms with Gasteiger partial charge in [0.15, 0.2) is 0 Å². The van der Waals surface area contributed by atoms with Crippen molar-refractivity contribution in [3.05, 3.63) is 137 Å². The number of esters is 1. The van der Waals surface area contributed by atoms with E-state index in [4.69, 9.17) is 52.1 Å². The standard InChI is InChI=1S/C22H21Cl2F2NO3.C20H18Cl2F2N2O2/c1-3-30-21(29)22(25,26)17-7-4-6-14-13(2)27(11-10-15(14)17)20(28)12-16-18(23)8-5-9-19(16)24;1-11-12-4-2-5-15(20(23,24)19(25)28)13(12)8-9-26(11)18(27)10-14-16(21)6-3-7-17(14)22/h4-9,13H,3,10-12H2,1-2H3;2-7,11H,8-10H2,1H3,(H2,25,28)/t13-;11-/m00/s1. The summed E-state index contributed by atoms with van der Waals surface area (Å²) in [5.41, 5.74) is 7.07. The van der Waals surface area contributed by atoms with Crippen LogP contribution in [0.2, 0.25) is 20.1 Å². The molecule has 2 aliphatic heterocycles. The molecule has 2 atom stereocenters. The molecule has 2 heterocycles.